The molecule has 4 nitrogen and oxygen atoms in total. The SMILES string of the molecule is Cc1ccc(NC(N)=NCCCN2CCc3ccccc3C2)cc1.I. The number of nitrogens with two attached hydrogens (primary N) is 1. The minimum absolute atomic E-state index is 0. The van der Waals surface area contributed by atoms with E-state index < -0.39 is 0 Å². The number of aryl methyl sites for hydroxylation is 1. The summed E-state index contributed by atoms with van der Waals surface area (Å²) in [6.07, 6.45) is 2.18. The summed E-state index contributed by atoms with van der Waals surface area (Å²) < 4.78 is 0. The summed E-state index contributed by atoms with van der Waals surface area (Å²) in [6.45, 7) is 6.08. The number of aliphatic imine (C=N–C) groups is 1. The fourth-order valence-electron chi connectivity index (χ4n) is 3.06. The first-order valence-corrected chi connectivity index (χ1v) is 8.63. The van der Waals surface area contributed by atoms with Gasteiger partial charge in [-0.1, -0.05) is 42.0 Å². The van der Waals surface area contributed by atoms with Gasteiger partial charge < -0.3 is 11.1 Å². The lowest BCUT2D eigenvalue weighted by Crippen LogP contribution is -2.31. The van der Waals surface area contributed by atoms with Gasteiger partial charge in [-0.2, -0.15) is 0 Å². The summed E-state index contributed by atoms with van der Waals surface area (Å²) in [7, 11) is 0. The number of hydrogen-bond donors (Lipinski definition) is 2. The van der Waals surface area contributed by atoms with Crippen molar-refractivity contribution in [3.05, 3.63) is 65.2 Å². The monoisotopic (exact) mass is 450 g/mol. The molecule has 0 aliphatic carbocycles. The number of hydrogen-bond acceptors (Lipinski definition) is 2. The van der Waals surface area contributed by atoms with E-state index in [0.29, 0.717) is 5.96 Å². The van der Waals surface area contributed by atoms with E-state index in [0.717, 1.165) is 44.7 Å². The normalized spacial score (nSPS) is 14.5. The molecule has 134 valence electrons. The van der Waals surface area contributed by atoms with E-state index >= 15 is 0 Å². The number of nitrogens with one attached hydrogen (secondary N) is 1. The number of benzene rings is 2. The number of halogens is 1. The van der Waals surface area contributed by atoms with Crippen LogP contribution < -0.4 is 11.1 Å². The Morgan fingerprint density at radius 2 is 1.84 bits per heavy atom. The number of nitrogens with zero attached hydrogens (tertiary/aromatic N) is 2. The van der Waals surface area contributed by atoms with Crippen LogP contribution in [0.5, 0.6) is 0 Å². The zero-order chi connectivity index (χ0) is 16.8. The molecule has 1 aliphatic heterocycles. The largest absolute Gasteiger partial charge is 0.370 e. The maximum absolute atomic E-state index is 5.95. The molecule has 0 aromatic heterocycles. The molecule has 0 saturated heterocycles. The Hall–Kier alpha value is -1.60. The minimum atomic E-state index is 0. The van der Waals surface area contributed by atoms with E-state index in [2.05, 4.69) is 58.5 Å². The first kappa shape index (κ1) is 19.7. The molecule has 25 heavy (non-hydrogen) atoms. The van der Waals surface area contributed by atoms with Gasteiger partial charge in [0, 0.05) is 31.9 Å². The van der Waals surface area contributed by atoms with Crippen molar-refractivity contribution in [1.82, 2.24) is 4.90 Å². The van der Waals surface area contributed by atoms with Gasteiger partial charge in [0.2, 0.25) is 0 Å². The minimum Gasteiger partial charge on any atom is -0.370 e. The third kappa shape index (κ3) is 6.01. The Morgan fingerprint density at radius 3 is 2.60 bits per heavy atom. The van der Waals surface area contributed by atoms with Crippen molar-refractivity contribution >= 4 is 35.6 Å². The molecule has 5 heteroatoms. The lowest BCUT2D eigenvalue weighted by Gasteiger charge is -2.28. The maximum atomic E-state index is 5.95. The lowest BCUT2D eigenvalue weighted by molar-refractivity contribution is 0.253. The van der Waals surface area contributed by atoms with Crippen LogP contribution in [0.2, 0.25) is 0 Å². The molecule has 0 atom stereocenters. The summed E-state index contributed by atoms with van der Waals surface area (Å²) in [4.78, 5) is 6.93. The van der Waals surface area contributed by atoms with Gasteiger partial charge in [0.25, 0.3) is 0 Å². The van der Waals surface area contributed by atoms with E-state index in [1.807, 2.05) is 12.1 Å². The molecule has 0 spiro atoms. The molecule has 0 amide bonds. The number of fused-ring (bicyclic) bond motifs is 1. The van der Waals surface area contributed by atoms with Gasteiger partial charge in [0.05, 0.1) is 0 Å². The third-order valence-corrected chi connectivity index (χ3v) is 4.45. The van der Waals surface area contributed by atoms with Gasteiger partial charge in [0.1, 0.15) is 0 Å². The first-order valence-electron chi connectivity index (χ1n) is 8.63. The van der Waals surface area contributed by atoms with Crippen LogP contribution in [0.3, 0.4) is 0 Å². The molecule has 0 unspecified atom stereocenters. The van der Waals surface area contributed by atoms with Crippen LogP contribution in [-0.4, -0.2) is 30.5 Å². The van der Waals surface area contributed by atoms with Crippen molar-refractivity contribution in [3.8, 4) is 0 Å². The molecule has 1 aliphatic rings. The van der Waals surface area contributed by atoms with Gasteiger partial charge in [-0.05, 0) is 43.0 Å². The van der Waals surface area contributed by atoms with Crippen molar-refractivity contribution in [3.63, 3.8) is 0 Å². The molecule has 0 radical (unpaired) electrons. The predicted molar refractivity (Wildman–Crippen MR) is 117 cm³/mol. The van der Waals surface area contributed by atoms with Crippen LogP contribution in [0.15, 0.2) is 53.5 Å². The van der Waals surface area contributed by atoms with Gasteiger partial charge in [-0.25, -0.2) is 0 Å². The van der Waals surface area contributed by atoms with Crippen LogP contribution in [0.25, 0.3) is 0 Å². The fourth-order valence-corrected chi connectivity index (χ4v) is 3.06. The van der Waals surface area contributed by atoms with Crippen molar-refractivity contribution in [2.24, 2.45) is 10.7 Å². The Morgan fingerprint density at radius 1 is 1.12 bits per heavy atom. The number of guanidine groups is 1. The molecular formula is C20H27IN4. The highest BCUT2D eigenvalue weighted by Crippen LogP contribution is 2.18. The highest BCUT2D eigenvalue weighted by molar-refractivity contribution is 14.0. The zero-order valence-corrected chi connectivity index (χ0v) is 17.1. The second kappa shape index (κ2) is 9.77. The predicted octanol–water partition coefficient (Wildman–Crippen LogP) is 3.79. The summed E-state index contributed by atoms with van der Waals surface area (Å²) in [5.74, 6) is 0.489. The van der Waals surface area contributed by atoms with Crippen molar-refractivity contribution in [2.75, 3.05) is 25.0 Å². The number of anilines is 1. The molecule has 3 rings (SSSR count). The second-order valence-electron chi connectivity index (χ2n) is 6.41. The van der Waals surface area contributed by atoms with Crippen LogP contribution in [0, 0.1) is 6.92 Å². The van der Waals surface area contributed by atoms with E-state index in [4.69, 9.17) is 5.73 Å². The van der Waals surface area contributed by atoms with Crippen LogP contribution in [-0.2, 0) is 13.0 Å². The van der Waals surface area contributed by atoms with Gasteiger partial charge in [0.15, 0.2) is 5.96 Å². The Bertz CT molecular complexity index is 697. The zero-order valence-electron chi connectivity index (χ0n) is 14.7. The number of rotatable bonds is 5. The van der Waals surface area contributed by atoms with E-state index in [1.54, 1.807) is 0 Å². The summed E-state index contributed by atoms with van der Waals surface area (Å²) in [5.41, 5.74) is 11.1. The molecule has 0 bridgehead atoms. The molecule has 1 heterocycles. The van der Waals surface area contributed by atoms with Crippen molar-refractivity contribution < 1.29 is 0 Å². The summed E-state index contributed by atoms with van der Waals surface area (Å²) in [5, 5.41) is 3.13. The standard InChI is InChI=1S/C20H26N4.HI/c1-16-7-9-19(10-8-16)23-20(21)22-12-4-13-24-14-11-17-5-2-3-6-18(17)15-24;/h2-3,5-10H,4,11-15H2,1H3,(H3,21,22,23);1H. The Kier molecular flexibility index (Phi) is 7.71. The topological polar surface area (TPSA) is 53.6 Å². The van der Waals surface area contributed by atoms with Crippen LogP contribution in [0.1, 0.15) is 23.1 Å². The molecule has 0 fully saturated rings. The van der Waals surface area contributed by atoms with Gasteiger partial charge >= 0.3 is 0 Å². The lowest BCUT2D eigenvalue weighted by atomic mass is 10.00. The van der Waals surface area contributed by atoms with Gasteiger partial charge in [-0.3, -0.25) is 9.89 Å². The second-order valence-corrected chi connectivity index (χ2v) is 6.41. The highest BCUT2D eigenvalue weighted by Gasteiger charge is 2.14. The summed E-state index contributed by atoms with van der Waals surface area (Å²) in [6, 6.07) is 16.9. The fraction of sp³-hybridized carbons (Fsp3) is 0.350. The Balaban J connectivity index is 0.00000225. The van der Waals surface area contributed by atoms with Crippen LogP contribution >= 0.6 is 24.0 Å². The van der Waals surface area contributed by atoms with Crippen molar-refractivity contribution in [2.45, 2.75) is 26.3 Å². The first-order chi connectivity index (χ1) is 11.7. The quantitative estimate of drug-likeness (QED) is 0.316. The average molecular weight is 450 g/mol. The average Bonchev–Trinajstić information content (AvgIpc) is 2.60. The van der Waals surface area contributed by atoms with Crippen molar-refractivity contribution in [1.29, 1.82) is 0 Å². The highest BCUT2D eigenvalue weighted by atomic mass is 127. The molecular weight excluding hydrogens is 423 g/mol. The summed E-state index contributed by atoms with van der Waals surface area (Å²) >= 11 is 0. The molecule has 2 aromatic rings. The molecule has 2 aromatic carbocycles. The van der Waals surface area contributed by atoms with E-state index in [1.165, 1.54) is 16.7 Å². The molecule has 0 saturated carbocycles. The maximum Gasteiger partial charge on any atom is 0.193 e. The van der Waals surface area contributed by atoms with E-state index in [-0.39, 0.29) is 24.0 Å². The third-order valence-electron chi connectivity index (χ3n) is 4.45. The van der Waals surface area contributed by atoms with Crippen LogP contribution in [0.4, 0.5) is 5.69 Å². The smallest absolute Gasteiger partial charge is 0.193 e. The van der Waals surface area contributed by atoms with Gasteiger partial charge in [-0.15, -0.1) is 24.0 Å². The Labute approximate surface area is 167 Å². The molecule has 3 N–H and O–H groups in total. The van der Waals surface area contributed by atoms with E-state index in [9.17, 15) is 0 Å².